The minimum atomic E-state index is -0.549. The lowest BCUT2D eigenvalue weighted by Crippen LogP contribution is -2.38. The Bertz CT molecular complexity index is 1560. The second-order valence-electron chi connectivity index (χ2n) is 11.0. The summed E-state index contributed by atoms with van der Waals surface area (Å²) < 4.78 is 22.7. The Morgan fingerprint density at radius 2 is 2.08 bits per heavy atom. The Kier molecular flexibility index (Phi) is 4.52. The average molecular weight is 490 g/mol. The molecule has 2 saturated carbocycles. The number of anilines is 2. The van der Waals surface area contributed by atoms with Crippen LogP contribution in [0.5, 0.6) is 0 Å². The standard InChI is InChI=1S/C26H28FN7O2/c1-25(2)14-28-10-15-9-16(3-6-19(15)25)30-23-29-11-18-21(32-23)34(33(22(18)35)17-4-5-17)24-31-20(12-36-24)26(13-27)7-8-26/h3,6,9,11-12,17,28H,4-5,7-8,10,13-14H2,1-2H3,(H,29,30,32). The SMILES string of the molecule is CC1(C)CNCc2cc(Nc3ncc4c(=O)n(C5CC5)n(-c5nc(C6(CF)CC6)co5)c4n3)ccc21. The number of nitrogens with one attached hydrogen (secondary N) is 2. The largest absolute Gasteiger partial charge is 0.430 e. The van der Waals surface area contributed by atoms with Gasteiger partial charge in [-0.05, 0) is 48.9 Å². The zero-order valence-electron chi connectivity index (χ0n) is 20.3. The van der Waals surface area contributed by atoms with Gasteiger partial charge in [-0.2, -0.15) is 14.6 Å². The molecule has 7 rings (SSSR count). The van der Waals surface area contributed by atoms with Crippen molar-refractivity contribution >= 4 is 22.7 Å². The van der Waals surface area contributed by atoms with Gasteiger partial charge in [-0.1, -0.05) is 19.9 Å². The van der Waals surface area contributed by atoms with Crippen LogP contribution < -0.4 is 16.2 Å². The molecule has 0 spiro atoms. The van der Waals surface area contributed by atoms with Crippen LogP contribution in [-0.2, 0) is 17.4 Å². The van der Waals surface area contributed by atoms with Gasteiger partial charge in [0.15, 0.2) is 5.65 Å². The maximum atomic E-state index is 13.6. The summed E-state index contributed by atoms with van der Waals surface area (Å²) in [6.07, 6.45) is 6.37. The highest BCUT2D eigenvalue weighted by atomic mass is 19.1. The number of hydrogen-bond acceptors (Lipinski definition) is 7. The molecule has 3 aromatic heterocycles. The molecule has 0 amide bonds. The number of fused-ring (bicyclic) bond motifs is 2. The quantitative estimate of drug-likeness (QED) is 0.422. The number of hydrogen-bond donors (Lipinski definition) is 2. The van der Waals surface area contributed by atoms with Gasteiger partial charge in [0, 0.05) is 35.8 Å². The third-order valence-corrected chi connectivity index (χ3v) is 7.81. The monoisotopic (exact) mass is 489 g/mol. The van der Waals surface area contributed by atoms with Crippen molar-refractivity contribution in [3.8, 4) is 6.01 Å². The summed E-state index contributed by atoms with van der Waals surface area (Å²) in [5, 5.41) is 7.18. The van der Waals surface area contributed by atoms with Gasteiger partial charge in [-0.25, -0.2) is 9.67 Å². The Labute approximate surface area is 206 Å². The summed E-state index contributed by atoms with van der Waals surface area (Å²) in [7, 11) is 0. The van der Waals surface area contributed by atoms with Crippen LogP contribution in [0.1, 0.15) is 62.4 Å². The third kappa shape index (κ3) is 3.31. The molecule has 9 nitrogen and oxygen atoms in total. The highest BCUT2D eigenvalue weighted by Gasteiger charge is 2.47. The molecule has 10 heteroatoms. The Morgan fingerprint density at radius 1 is 1.25 bits per heavy atom. The minimum Gasteiger partial charge on any atom is -0.430 e. The number of halogens is 1. The number of rotatable bonds is 6. The van der Waals surface area contributed by atoms with Crippen molar-refractivity contribution in [1.29, 1.82) is 0 Å². The van der Waals surface area contributed by atoms with E-state index in [0.717, 1.165) is 44.5 Å². The van der Waals surface area contributed by atoms with Crippen LogP contribution in [0.4, 0.5) is 16.0 Å². The van der Waals surface area contributed by atoms with Gasteiger partial charge in [-0.15, -0.1) is 0 Å². The molecule has 4 heterocycles. The molecule has 3 aliphatic rings. The minimum absolute atomic E-state index is 0.0611. The van der Waals surface area contributed by atoms with Gasteiger partial charge in [-0.3, -0.25) is 9.18 Å². The van der Waals surface area contributed by atoms with E-state index in [1.807, 2.05) is 6.07 Å². The van der Waals surface area contributed by atoms with Crippen LogP contribution in [0, 0.1) is 0 Å². The van der Waals surface area contributed by atoms with E-state index in [2.05, 4.69) is 46.6 Å². The average Bonchev–Trinajstić information content (AvgIpc) is 3.79. The molecular formula is C26H28FN7O2. The molecule has 186 valence electrons. The summed E-state index contributed by atoms with van der Waals surface area (Å²) in [6, 6.07) is 6.60. The van der Waals surface area contributed by atoms with Gasteiger partial charge < -0.3 is 15.1 Å². The van der Waals surface area contributed by atoms with E-state index in [1.165, 1.54) is 17.4 Å². The fourth-order valence-corrected chi connectivity index (χ4v) is 5.32. The Hall–Kier alpha value is -3.53. The molecular weight excluding hydrogens is 461 g/mol. The summed E-state index contributed by atoms with van der Waals surface area (Å²) in [5.74, 6) is 0.376. The predicted octanol–water partition coefficient (Wildman–Crippen LogP) is 4.03. The highest BCUT2D eigenvalue weighted by Crippen LogP contribution is 2.48. The maximum absolute atomic E-state index is 13.6. The summed E-state index contributed by atoms with van der Waals surface area (Å²) in [4.78, 5) is 27.0. The molecule has 2 aliphatic carbocycles. The molecule has 1 aliphatic heterocycles. The number of alkyl halides is 1. The molecule has 0 bridgehead atoms. The second-order valence-corrected chi connectivity index (χ2v) is 11.0. The fraction of sp³-hybridized carbons (Fsp3) is 0.462. The normalized spacial score (nSPS) is 19.9. The van der Waals surface area contributed by atoms with E-state index in [0.29, 0.717) is 22.7 Å². The molecule has 4 aromatic rings. The number of oxazole rings is 1. The van der Waals surface area contributed by atoms with Crippen molar-refractivity contribution < 1.29 is 8.81 Å². The topological polar surface area (TPSA) is 103 Å². The van der Waals surface area contributed by atoms with E-state index >= 15 is 0 Å². The van der Waals surface area contributed by atoms with E-state index in [1.54, 1.807) is 15.6 Å². The smallest absolute Gasteiger partial charge is 0.323 e. The molecule has 1 aromatic carbocycles. The first-order chi connectivity index (χ1) is 17.4. The molecule has 36 heavy (non-hydrogen) atoms. The van der Waals surface area contributed by atoms with Gasteiger partial charge in [0.25, 0.3) is 5.56 Å². The fourth-order valence-electron chi connectivity index (χ4n) is 5.32. The van der Waals surface area contributed by atoms with E-state index in [9.17, 15) is 9.18 Å². The lowest BCUT2D eigenvalue weighted by molar-refractivity contribution is 0.411. The molecule has 0 unspecified atom stereocenters. The van der Waals surface area contributed by atoms with E-state index in [-0.39, 0.29) is 23.0 Å². The van der Waals surface area contributed by atoms with Gasteiger partial charge >= 0.3 is 6.01 Å². The van der Waals surface area contributed by atoms with Crippen molar-refractivity contribution in [2.24, 2.45) is 0 Å². The third-order valence-electron chi connectivity index (χ3n) is 7.81. The molecule has 2 fully saturated rings. The summed E-state index contributed by atoms with van der Waals surface area (Å²) >= 11 is 0. The van der Waals surface area contributed by atoms with Crippen LogP contribution in [0.25, 0.3) is 17.0 Å². The Balaban J connectivity index is 1.30. The molecule has 0 saturated heterocycles. The van der Waals surface area contributed by atoms with Crippen LogP contribution in [0.3, 0.4) is 0 Å². The first-order valence-corrected chi connectivity index (χ1v) is 12.5. The van der Waals surface area contributed by atoms with E-state index in [4.69, 9.17) is 9.40 Å². The van der Waals surface area contributed by atoms with Crippen molar-refractivity contribution in [3.05, 3.63) is 57.8 Å². The first-order valence-electron chi connectivity index (χ1n) is 12.5. The lowest BCUT2D eigenvalue weighted by Gasteiger charge is -2.33. The summed E-state index contributed by atoms with van der Waals surface area (Å²) in [6.45, 7) is 5.75. The maximum Gasteiger partial charge on any atom is 0.323 e. The van der Waals surface area contributed by atoms with Crippen molar-refractivity contribution in [1.82, 2.24) is 29.6 Å². The second kappa shape index (κ2) is 7.49. The summed E-state index contributed by atoms with van der Waals surface area (Å²) in [5.41, 5.74) is 3.81. The van der Waals surface area contributed by atoms with Crippen molar-refractivity contribution in [3.63, 3.8) is 0 Å². The zero-order chi connectivity index (χ0) is 24.7. The molecule has 2 N–H and O–H groups in total. The highest BCUT2D eigenvalue weighted by molar-refractivity contribution is 5.76. The van der Waals surface area contributed by atoms with Gasteiger partial charge in [0.05, 0.1) is 11.7 Å². The van der Waals surface area contributed by atoms with Crippen molar-refractivity contribution in [2.75, 3.05) is 18.5 Å². The number of aromatic nitrogens is 5. The molecule has 0 radical (unpaired) electrons. The number of nitrogens with zero attached hydrogens (tertiary/aromatic N) is 5. The van der Waals surface area contributed by atoms with Crippen LogP contribution in [0.15, 0.2) is 39.9 Å². The van der Waals surface area contributed by atoms with E-state index < -0.39 is 12.1 Å². The van der Waals surface area contributed by atoms with Gasteiger partial charge in [0.2, 0.25) is 5.95 Å². The predicted molar refractivity (Wildman–Crippen MR) is 133 cm³/mol. The van der Waals surface area contributed by atoms with Crippen LogP contribution in [0.2, 0.25) is 0 Å². The number of benzene rings is 1. The molecule has 0 atom stereocenters. The van der Waals surface area contributed by atoms with Crippen LogP contribution in [-0.4, -0.2) is 37.5 Å². The zero-order valence-corrected chi connectivity index (χ0v) is 20.3. The lowest BCUT2D eigenvalue weighted by atomic mass is 9.79. The van der Waals surface area contributed by atoms with Gasteiger partial charge in [0.1, 0.15) is 18.3 Å². The first kappa shape index (κ1) is 21.7. The van der Waals surface area contributed by atoms with Crippen LogP contribution >= 0.6 is 0 Å². The Morgan fingerprint density at radius 3 is 2.83 bits per heavy atom. The van der Waals surface area contributed by atoms with Crippen molar-refractivity contribution in [2.45, 2.75) is 62.9 Å².